The molecule has 0 radical (unpaired) electrons. The van der Waals surface area contributed by atoms with Gasteiger partial charge in [-0.25, -0.2) is 0 Å². The van der Waals surface area contributed by atoms with Crippen LogP contribution in [0.3, 0.4) is 0 Å². The van der Waals surface area contributed by atoms with Crippen LogP contribution in [-0.4, -0.2) is 37.7 Å². The number of morpholine rings is 1. The number of benzene rings is 2. The second-order valence-corrected chi connectivity index (χ2v) is 6.69. The summed E-state index contributed by atoms with van der Waals surface area (Å²) in [5.41, 5.74) is 1.19. The molecule has 0 saturated carbocycles. The molecule has 2 aromatic carbocycles. The molecule has 0 aliphatic carbocycles. The van der Waals surface area contributed by atoms with Gasteiger partial charge in [0.05, 0.1) is 18.2 Å². The second kappa shape index (κ2) is 8.72. The van der Waals surface area contributed by atoms with Crippen molar-refractivity contribution in [2.45, 2.75) is 12.8 Å². The molecule has 128 valence electrons. The quantitative estimate of drug-likeness (QED) is 0.714. The average Bonchev–Trinajstić information content (AvgIpc) is 2.60. The number of hydrogen-bond donors (Lipinski definition) is 0. The predicted molar refractivity (Wildman–Crippen MR) is 98.6 cm³/mol. The van der Waals surface area contributed by atoms with Gasteiger partial charge < -0.3 is 9.47 Å². The average molecular weight is 366 g/mol. The van der Waals surface area contributed by atoms with E-state index in [-0.39, 0.29) is 0 Å². The van der Waals surface area contributed by atoms with E-state index < -0.39 is 0 Å². The van der Waals surface area contributed by atoms with Gasteiger partial charge in [0.15, 0.2) is 0 Å². The zero-order valence-corrected chi connectivity index (χ0v) is 15.0. The summed E-state index contributed by atoms with van der Waals surface area (Å²) in [5, 5.41) is 1.12. The molecule has 0 amide bonds. The van der Waals surface area contributed by atoms with Crippen LogP contribution in [0.2, 0.25) is 10.0 Å². The SMILES string of the molecule is Clc1ccc(Oc2ccccc2CCCN2CCOCC2)c(Cl)c1. The van der Waals surface area contributed by atoms with Crippen molar-refractivity contribution < 1.29 is 9.47 Å². The van der Waals surface area contributed by atoms with Gasteiger partial charge in [0.1, 0.15) is 11.5 Å². The topological polar surface area (TPSA) is 21.7 Å². The number of hydrogen-bond acceptors (Lipinski definition) is 3. The minimum absolute atomic E-state index is 0.519. The first-order valence-electron chi connectivity index (χ1n) is 8.23. The molecular weight excluding hydrogens is 345 g/mol. The summed E-state index contributed by atoms with van der Waals surface area (Å²) in [6.07, 6.45) is 2.06. The lowest BCUT2D eigenvalue weighted by Crippen LogP contribution is -2.36. The maximum Gasteiger partial charge on any atom is 0.146 e. The van der Waals surface area contributed by atoms with Crippen molar-refractivity contribution in [1.29, 1.82) is 0 Å². The van der Waals surface area contributed by atoms with E-state index in [0.29, 0.717) is 15.8 Å². The van der Waals surface area contributed by atoms with Crippen LogP contribution in [-0.2, 0) is 11.2 Å². The highest BCUT2D eigenvalue weighted by atomic mass is 35.5. The van der Waals surface area contributed by atoms with Gasteiger partial charge >= 0.3 is 0 Å². The molecule has 1 fully saturated rings. The van der Waals surface area contributed by atoms with Gasteiger partial charge in [0.2, 0.25) is 0 Å². The molecule has 0 spiro atoms. The summed E-state index contributed by atoms with van der Waals surface area (Å²) in [4.78, 5) is 2.45. The van der Waals surface area contributed by atoms with Crippen LogP contribution < -0.4 is 4.74 Å². The Hall–Kier alpha value is -1.26. The van der Waals surface area contributed by atoms with Crippen LogP contribution in [0.25, 0.3) is 0 Å². The third kappa shape index (κ3) is 4.87. The monoisotopic (exact) mass is 365 g/mol. The van der Waals surface area contributed by atoms with Crippen LogP contribution in [0, 0.1) is 0 Å². The minimum Gasteiger partial charge on any atom is -0.456 e. The molecule has 0 N–H and O–H groups in total. The Labute approximate surface area is 153 Å². The highest BCUT2D eigenvalue weighted by molar-refractivity contribution is 6.35. The first-order chi connectivity index (χ1) is 11.7. The molecule has 24 heavy (non-hydrogen) atoms. The maximum atomic E-state index is 6.21. The van der Waals surface area contributed by atoms with E-state index in [1.54, 1.807) is 18.2 Å². The lowest BCUT2D eigenvalue weighted by molar-refractivity contribution is 0.0374. The third-order valence-electron chi connectivity index (χ3n) is 4.11. The summed E-state index contributed by atoms with van der Waals surface area (Å²) in [6.45, 7) is 4.82. The fraction of sp³-hybridized carbons (Fsp3) is 0.368. The normalized spacial score (nSPS) is 15.4. The molecule has 2 aromatic rings. The van der Waals surface area contributed by atoms with Gasteiger partial charge in [-0.1, -0.05) is 41.4 Å². The van der Waals surface area contributed by atoms with Crippen molar-refractivity contribution in [3.05, 3.63) is 58.1 Å². The highest BCUT2D eigenvalue weighted by Gasteiger charge is 2.11. The van der Waals surface area contributed by atoms with Crippen molar-refractivity contribution in [1.82, 2.24) is 4.90 Å². The van der Waals surface area contributed by atoms with E-state index in [4.69, 9.17) is 32.7 Å². The Morgan fingerprint density at radius 2 is 1.79 bits per heavy atom. The molecule has 3 rings (SSSR count). The smallest absolute Gasteiger partial charge is 0.146 e. The molecular formula is C19H21Cl2NO2. The van der Waals surface area contributed by atoms with E-state index >= 15 is 0 Å². The molecule has 3 nitrogen and oxygen atoms in total. The van der Waals surface area contributed by atoms with E-state index in [9.17, 15) is 0 Å². The molecule has 5 heteroatoms. The zero-order valence-electron chi connectivity index (χ0n) is 13.5. The van der Waals surface area contributed by atoms with Crippen LogP contribution >= 0.6 is 23.2 Å². The van der Waals surface area contributed by atoms with Crippen LogP contribution in [0.1, 0.15) is 12.0 Å². The van der Waals surface area contributed by atoms with Gasteiger partial charge in [-0.3, -0.25) is 4.90 Å². The lowest BCUT2D eigenvalue weighted by atomic mass is 10.1. The summed E-state index contributed by atoms with van der Waals surface area (Å²) in [7, 11) is 0. The molecule has 1 saturated heterocycles. The number of ether oxygens (including phenoxy) is 2. The van der Waals surface area contributed by atoms with Gasteiger partial charge in [0.25, 0.3) is 0 Å². The largest absolute Gasteiger partial charge is 0.456 e. The fourth-order valence-corrected chi connectivity index (χ4v) is 3.25. The van der Waals surface area contributed by atoms with Gasteiger partial charge in [-0.05, 0) is 49.2 Å². The minimum atomic E-state index is 0.519. The Kier molecular flexibility index (Phi) is 6.38. The molecule has 0 unspecified atom stereocenters. The molecule has 1 aliphatic rings. The number of nitrogens with zero attached hydrogens (tertiary/aromatic N) is 1. The van der Waals surface area contributed by atoms with E-state index in [1.165, 1.54) is 5.56 Å². The standard InChI is InChI=1S/C19H21Cl2NO2/c20-16-7-8-19(17(21)14-16)24-18-6-2-1-4-15(18)5-3-9-22-10-12-23-13-11-22/h1-2,4,6-8,14H,3,5,9-13H2. The Bertz CT molecular complexity index is 672. The highest BCUT2D eigenvalue weighted by Crippen LogP contribution is 2.33. The van der Waals surface area contributed by atoms with Crippen LogP contribution in [0.5, 0.6) is 11.5 Å². The summed E-state index contributed by atoms with van der Waals surface area (Å²) in [5.74, 6) is 1.48. The number of halogens is 2. The molecule has 1 aliphatic heterocycles. The van der Waals surface area contributed by atoms with Crippen LogP contribution in [0.15, 0.2) is 42.5 Å². The third-order valence-corrected chi connectivity index (χ3v) is 4.64. The Morgan fingerprint density at radius 3 is 2.58 bits per heavy atom. The number of rotatable bonds is 6. The van der Waals surface area contributed by atoms with Crippen molar-refractivity contribution >= 4 is 23.2 Å². The van der Waals surface area contributed by atoms with E-state index in [0.717, 1.165) is 51.4 Å². The first-order valence-corrected chi connectivity index (χ1v) is 8.99. The van der Waals surface area contributed by atoms with Gasteiger partial charge in [-0.15, -0.1) is 0 Å². The fourth-order valence-electron chi connectivity index (χ4n) is 2.80. The summed E-state index contributed by atoms with van der Waals surface area (Å²) >= 11 is 12.1. The Balaban J connectivity index is 1.62. The molecule has 0 aromatic heterocycles. The van der Waals surface area contributed by atoms with Crippen molar-refractivity contribution in [2.24, 2.45) is 0 Å². The molecule has 1 heterocycles. The van der Waals surface area contributed by atoms with Crippen LogP contribution in [0.4, 0.5) is 0 Å². The Morgan fingerprint density at radius 1 is 1.00 bits per heavy atom. The van der Waals surface area contributed by atoms with Gasteiger partial charge in [0, 0.05) is 18.1 Å². The van der Waals surface area contributed by atoms with E-state index in [2.05, 4.69) is 11.0 Å². The molecule has 0 bridgehead atoms. The van der Waals surface area contributed by atoms with Gasteiger partial charge in [-0.2, -0.15) is 0 Å². The molecule has 0 atom stereocenters. The summed E-state index contributed by atoms with van der Waals surface area (Å²) in [6, 6.07) is 13.4. The number of aryl methyl sites for hydroxylation is 1. The predicted octanol–water partition coefficient (Wildman–Crippen LogP) is 5.05. The zero-order chi connectivity index (χ0) is 16.8. The van der Waals surface area contributed by atoms with Crippen molar-refractivity contribution in [3.8, 4) is 11.5 Å². The van der Waals surface area contributed by atoms with Crippen molar-refractivity contribution in [3.63, 3.8) is 0 Å². The summed E-state index contributed by atoms with van der Waals surface area (Å²) < 4.78 is 11.4. The lowest BCUT2D eigenvalue weighted by Gasteiger charge is -2.26. The first kappa shape index (κ1) is 17.6. The second-order valence-electron chi connectivity index (χ2n) is 5.84. The maximum absolute atomic E-state index is 6.21. The van der Waals surface area contributed by atoms with Crippen molar-refractivity contribution in [2.75, 3.05) is 32.8 Å². The number of para-hydroxylation sites is 1. The van der Waals surface area contributed by atoms with E-state index in [1.807, 2.05) is 18.2 Å².